The monoisotopic (exact) mass is 390 g/mol. The van der Waals surface area contributed by atoms with Crippen molar-refractivity contribution < 1.29 is 14.2 Å². The average Bonchev–Trinajstić information content (AvgIpc) is 2.70. The molecule has 154 valence electrons. The third-order valence-electron chi connectivity index (χ3n) is 5.95. The van der Waals surface area contributed by atoms with Gasteiger partial charge in [0.15, 0.2) is 11.5 Å². The van der Waals surface area contributed by atoms with Crippen molar-refractivity contribution >= 4 is 10.9 Å². The zero-order valence-corrected chi connectivity index (χ0v) is 17.6. The van der Waals surface area contributed by atoms with Crippen LogP contribution in [-0.4, -0.2) is 80.5 Å². The van der Waals surface area contributed by atoms with E-state index in [1.807, 2.05) is 0 Å². The molecule has 1 saturated heterocycles. The number of piperidine rings is 1. The first-order chi connectivity index (χ1) is 13.4. The molecule has 1 fully saturated rings. The van der Waals surface area contributed by atoms with E-state index in [9.17, 15) is 4.79 Å². The number of nitrogens with zero attached hydrogens (tertiary/aromatic N) is 4. The van der Waals surface area contributed by atoms with E-state index in [0.717, 1.165) is 25.9 Å². The van der Waals surface area contributed by atoms with Gasteiger partial charge in [-0.05, 0) is 53.1 Å². The van der Waals surface area contributed by atoms with Crippen LogP contribution in [0.5, 0.6) is 17.2 Å². The molecule has 3 rings (SSSR count). The molecule has 8 heteroatoms. The van der Waals surface area contributed by atoms with Crippen molar-refractivity contribution in [3.63, 3.8) is 0 Å². The first-order valence-corrected chi connectivity index (χ1v) is 9.41. The molecule has 0 saturated carbocycles. The lowest BCUT2D eigenvalue weighted by Gasteiger charge is -2.45. The Morgan fingerprint density at radius 3 is 2.29 bits per heavy atom. The molecule has 2 heterocycles. The van der Waals surface area contributed by atoms with E-state index in [-0.39, 0.29) is 11.1 Å². The number of likely N-dealkylation sites (tertiary alicyclic amines) is 1. The highest BCUT2D eigenvalue weighted by molar-refractivity contribution is 5.89. The highest BCUT2D eigenvalue weighted by Crippen LogP contribution is 2.41. The number of benzene rings is 1. The molecule has 0 aliphatic carbocycles. The predicted molar refractivity (Wildman–Crippen MR) is 109 cm³/mol. The van der Waals surface area contributed by atoms with E-state index in [2.05, 4.69) is 35.9 Å². The minimum absolute atomic E-state index is 0.0770. The highest BCUT2D eigenvalue weighted by atomic mass is 16.5. The van der Waals surface area contributed by atoms with Crippen molar-refractivity contribution in [2.24, 2.45) is 0 Å². The SMILES string of the molecule is COc1cc2c(=O)n(CC3(N(C)C)CCN(C)CC3)cnc2c(OC)c1OC. The minimum atomic E-state index is -0.107. The van der Waals surface area contributed by atoms with Crippen molar-refractivity contribution in [1.29, 1.82) is 0 Å². The summed E-state index contributed by atoms with van der Waals surface area (Å²) >= 11 is 0. The Morgan fingerprint density at radius 2 is 1.75 bits per heavy atom. The molecule has 8 nitrogen and oxygen atoms in total. The fraction of sp³-hybridized carbons (Fsp3) is 0.600. The van der Waals surface area contributed by atoms with Crippen LogP contribution in [0.15, 0.2) is 17.2 Å². The molecular formula is C20H30N4O4. The normalized spacial score (nSPS) is 17.1. The van der Waals surface area contributed by atoms with Crippen molar-refractivity contribution in [2.75, 3.05) is 55.6 Å². The van der Waals surface area contributed by atoms with Gasteiger partial charge >= 0.3 is 0 Å². The second-order valence-corrected chi connectivity index (χ2v) is 7.64. The van der Waals surface area contributed by atoms with Crippen LogP contribution in [0.4, 0.5) is 0 Å². The van der Waals surface area contributed by atoms with E-state index >= 15 is 0 Å². The third kappa shape index (κ3) is 3.42. The number of ether oxygens (including phenoxy) is 3. The van der Waals surface area contributed by atoms with Gasteiger partial charge in [0.05, 0.1) is 33.0 Å². The van der Waals surface area contributed by atoms with Crippen LogP contribution in [0, 0.1) is 0 Å². The van der Waals surface area contributed by atoms with E-state index in [1.165, 1.54) is 21.3 Å². The molecule has 1 aliphatic heterocycles. The summed E-state index contributed by atoms with van der Waals surface area (Å²) in [4.78, 5) is 22.4. The molecule has 0 unspecified atom stereocenters. The van der Waals surface area contributed by atoms with Crippen LogP contribution in [0.25, 0.3) is 10.9 Å². The van der Waals surface area contributed by atoms with Crippen LogP contribution in [0.1, 0.15) is 12.8 Å². The standard InChI is InChI=1S/C20H30N4O4/c1-22(2)20(7-9-23(3)10-8-20)12-24-13-21-16-14(19(24)25)11-15(26-4)17(27-5)18(16)28-6/h11,13H,7-10,12H2,1-6H3. The maximum atomic E-state index is 13.3. The molecule has 28 heavy (non-hydrogen) atoms. The summed E-state index contributed by atoms with van der Waals surface area (Å²) in [5.41, 5.74) is 0.292. The van der Waals surface area contributed by atoms with Crippen LogP contribution in [0.2, 0.25) is 0 Å². The Kier molecular flexibility index (Phi) is 5.81. The summed E-state index contributed by atoms with van der Waals surface area (Å²) in [5, 5.41) is 0.457. The van der Waals surface area contributed by atoms with Crippen LogP contribution >= 0.6 is 0 Å². The van der Waals surface area contributed by atoms with Crippen molar-refractivity contribution in [2.45, 2.75) is 24.9 Å². The summed E-state index contributed by atoms with van der Waals surface area (Å²) < 4.78 is 18.0. The number of rotatable bonds is 6. The van der Waals surface area contributed by atoms with Gasteiger partial charge < -0.3 is 24.0 Å². The van der Waals surface area contributed by atoms with Gasteiger partial charge in [-0.25, -0.2) is 4.98 Å². The van der Waals surface area contributed by atoms with Crippen LogP contribution in [0.3, 0.4) is 0 Å². The summed E-state index contributed by atoms with van der Waals surface area (Å²) in [5.74, 6) is 1.29. The number of methoxy groups -OCH3 is 3. The molecule has 0 radical (unpaired) electrons. The summed E-state index contributed by atoms with van der Waals surface area (Å²) in [6, 6.07) is 1.68. The summed E-state index contributed by atoms with van der Waals surface area (Å²) in [6.45, 7) is 2.60. The lowest BCUT2D eigenvalue weighted by molar-refractivity contribution is 0.0501. The van der Waals surface area contributed by atoms with E-state index in [1.54, 1.807) is 17.0 Å². The molecule has 1 aromatic heterocycles. The second-order valence-electron chi connectivity index (χ2n) is 7.64. The lowest BCUT2D eigenvalue weighted by atomic mass is 9.86. The Morgan fingerprint density at radius 1 is 1.11 bits per heavy atom. The molecule has 2 aromatic rings. The quantitative estimate of drug-likeness (QED) is 0.739. The van der Waals surface area contributed by atoms with Crippen molar-refractivity contribution in [3.05, 3.63) is 22.7 Å². The molecule has 1 aromatic carbocycles. The topological polar surface area (TPSA) is 69.1 Å². The molecular weight excluding hydrogens is 360 g/mol. The number of hydrogen-bond acceptors (Lipinski definition) is 7. The molecule has 0 amide bonds. The van der Waals surface area contributed by atoms with E-state index in [4.69, 9.17) is 14.2 Å². The minimum Gasteiger partial charge on any atom is -0.493 e. The fourth-order valence-electron chi connectivity index (χ4n) is 3.98. The highest BCUT2D eigenvalue weighted by Gasteiger charge is 2.36. The summed E-state index contributed by atoms with van der Waals surface area (Å²) in [7, 11) is 10.9. The number of fused-ring (bicyclic) bond motifs is 1. The summed E-state index contributed by atoms with van der Waals surface area (Å²) in [6.07, 6.45) is 3.61. The second kappa shape index (κ2) is 7.97. The Labute approximate surface area is 165 Å². The molecule has 0 spiro atoms. The van der Waals surface area contributed by atoms with E-state index in [0.29, 0.717) is 34.7 Å². The Bertz CT molecular complexity index is 901. The lowest BCUT2D eigenvalue weighted by Crippen LogP contribution is -2.55. The molecule has 1 aliphatic rings. The number of hydrogen-bond donors (Lipinski definition) is 0. The molecule has 0 bridgehead atoms. The number of aromatic nitrogens is 2. The Balaban J connectivity index is 2.11. The van der Waals surface area contributed by atoms with Gasteiger partial charge in [-0.3, -0.25) is 9.36 Å². The van der Waals surface area contributed by atoms with Crippen LogP contribution in [-0.2, 0) is 6.54 Å². The van der Waals surface area contributed by atoms with Crippen LogP contribution < -0.4 is 19.8 Å². The van der Waals surface area contributed by atoms with Gasteiger partial charge in [-0.2, -0.15) is 0 Å². The largest absolute Gasteiger partial charge is 0.493 e. The first-order valence-electron chi connectivity index (χ1n) is 9.41. The van der Waals surface area contributed by atoms with Crippen molar-refractivity contribution in [1.82, 2.24) is 19.4 Å². The fourth-order valence-corrected chi connectivity index (χ4v) is 3.98. The van der Waals surface area contributed by atoms with E-state index < -0.39 is 0 Å². The van der Waals surface area contributed by atoms with Gasteiger partial charge in [0, 0.05) is 12.1 Å². The zero-order chi connectivity index (χ0) is 20.5. The third-order valence-corrected chi connectivity index (χ3v) is 5.95. The number of likely N-dealkylation sites (N-methyl/N-ethyl adjacent to an activating group) is 1. The maximum absolute atomic E-state index is 13.3. The van der Waals surface area contributed by atoms with Gasteiger partial charge in [0.2, 0.25) is 5.75 Å². The van der Waals surface area contributed by atoms with Gasteiger partial charge in [0.1, 0.15) is 5.52 Å². The molecule has 0 atom stereocenters. The first kappa shape index (κ1) is 20.4. The van der Waals surface area contributed by atoms with Crippen molar-refractivity contribution in [3.8, 4) is 17.2 Å². The molecule has 0 N–H and O–H groups in total. The van der Waals surface area contributed by atoms with Gasteiger partial charge in [0.25, 0.3) is 5.56 Å². The maximum Gasteiger partial charge on any atom is 0.261 e. The smallest absolute Gasteiger partial charge is 0.261 e. The van der Waals surface area contributed by atoms with Gasteiger partial charge in [-0.1, -0.05) is 0 Å². The van der Waals surface area contributed by atoms with Gasteiger partial charge in [-0.15, -0.1) is 0 Å². The zero-order valence-electron chi connectivity index (χ0n) is 17.6. The Hall–Kier alpha value is -2.32. The average molecular weight is 390 g/mol. The predicted octanol–water partition coefficient (Wildman–Crippen LogP) is 1.45.